The summed E-state index contributed by atoms with van der Waals surface area (Å²) in [5, 5.41) is 10.5. The van der Waals surface area contributed by atoms with Crippen molar-refractivity contribution < 1.29 is 14.6 Å². The predicted molar refractivity (Wildman–Crippen MR) is 68.5 cm³/mol. The third-order valence-electron chi connectivity index (χ3n) is 3.00. The zero-order valence-electron chi connectivity index (χ0n) is 11.3. The van der Waals surface area contributed by atoms with Crippen LogP contribution in [0.4, 0.5) is 0 Å². The Morgan fingerprint density at radius 3 is 2.41 bits per heavy atom. The van der Waals surface area contributed by atoms with E-state index in [0.29, 0.717) is 13.0 Å². The molecule has 0 fully saturated rings. The van der Waals surface area contributed by atoms with Crippen LogP contribution in [0, 0.1) is 13.8 Å². The lowest BCUT2D eigenvalue weighted by Crippen LogP contribution is -2.25. The van der Waals surface area contributed by atoms with Gasteiger partial charge in [0.05, 0.1) is 12.7 Å². The lowest BCUT2D eigenvalue weighted by molar-refractivity contribution is 0.0186. The molecule has 0 aliphatic rings. The fourth-order valence-electron chi connectivity index (χ4n) is 2.21. The van der Waals surface area contributed by atoms with Crippen LogP contribution in [0.2, 0.25) is 0 Å². The molecule has 0 spiro atoms. The molecule has 3 nitrogen and oxygen atoms in total. The van der Waals surface area contributed by atoms with E-state index in [0.717, 1.165) is 22.4 Å². The molecule has 0 saturated carbocycles. The number of hydrogen-bond acceptors (Lipinski definition) is 3. The second kappa shape index (κ2) is 5.52. The molecule has 0 heterocycles. The number of aryl methyl sites for hydroxylation is 2. The maximum atomic E-state index is 10.5. The minimum atomic E-state index is -0.931. The minimum Gasteiger partial charge on any atom is -0.496 e. The molecule has 1 N–H and O–H groups in total. The van der Waals surface area contributed by atoms with Crippen molar-refractivity contribution in [2.75, 3.05) is 20.8 Å². The maximum Gasteiger partial charge on any atom is 0.125 e. The lowest BCUT2D eigenvalue weighted by Gasteiger charge is -2.27. The van der Waals surface area contributed by atoms with Gasteiger partial charge in [0.15, 0.2) is 0 Å². The average molecular weight is 238 g/mol. The maximum absolute atomic E-state index is 10.5. The fourth-order valence-corrected chi connectivity index (χ4v) is 2.21. The number of hydrogen-bond donors (Lipinski definition) is 1. The van der Waals surface area contributed by atoms with Crippen LogP contribution in [0.25, 0.3) is 0 Å². The monoisotopic (exact) mass is 238 g/mol. The molecule has 0 aliphatic carbocycles. The molecule has 0 bridgehead atoms. The molecular formula is C14H22O3. The van der Waals surface area contributed by atoms with Gasteiger partial charge in [0.25, 0.3) is 0 Å². The molecule has 0 amide bonds. The highest BCUT2D eigenvalue weighted by Crippen LogP contribution is 2.35. The standard InChI is InChI=1S/C14H22O3/c1-10-8-11(2)13(12(9-10)17-5)14(3,15)6-7-16-4/h8-9,15H,6-7H2,1-5H3. The van der Waals surface area contributed by atoms with Crippen molar-refractivity contribution in [3.05, 3.63) is 28.8 Å². The molecule has 1 rings (SSSR count). The van der Waals surface area contributed by atoms with Crippen molar-refractivity contribution in [1.82, 2.24) is 0 Å². The summed E-state index contributed by atoms with van der Waals surface area (Å²) in [6.07, 6.45) is 0.545. The number of benzene rings is 1. The number of rotatable bonds is 5. The van der Waals surface area contributed by atoms with Crippen LogP contribution in [0.3, 0.4) is 0 Å². The quantitative estimate of drug-likeness (QED) is 0.856. The van der Waals surface area contributed by atoms with Crippen LogP contribution in [0.5, 0.6) is 5.75 Å². The van der Waals surface area contributed by atoms with Crippen LogP contribution < -0.4 is 4.74 Å². The van der Waals surface area contributed by atoms with E-state index in [1.807, 2.05) is 19.9 Å². The van der Waals surface area contributed by atoms with Crippen LogP contribution in [-0.4, -0.2) is 25.9 Å². The molecule has 0 radical (unpaired) electrons. The van der Waals surface area contributed by atoms with Crippen molar-refractivity contribution in [1.29, 1.82) is 0 Å². The molecule has 0 aromatic heterocycles. The van der Waals surface area contributed by atoms with Crippen LogP contribution in [0.15, 0.2) is 12.1 Å². The molecule has 1 unspecified atom stereocenters. The number of ether oxygens (including phenoxy) is 2. The van der Waals surface area contributed by atoms with Gasteiger partial charge in [0.2, 0.25) is 0 Å². The first-order valence-electron chi connectivity index (χ1n) is 5.79. The summed E-state index contributed by atoms with van der Waals surface area (Å²) in [6, 6.07) is 4.00. The zero-order chi connectivity index (χ0) is 13.1. The van der Waals surface area contributed by atoms with Crippen LogP contribution >= 0.6 is 0 Å². The van der Waals surface area contributed by atoms with Crippen LogP contribution in [-0.2, 0) is 10.3 Å². The van der Waals surface area contributed by atoms with Gasteiger partial charge in [0, 0.05) is 25.7 Å². The van der Waals surface area contributed by atoms with Gasteiger partial charge in [-0.3, -0.25) is 0 Å². The largest absolute Gasteiger partial charge is 0.496 e. The molecule has 3 heteroatoms. The van der Waals surface area contributed by atoms with E-state index < -0.39 is 5.60 Å². The summed E-state index contributed by atoms with van der Waals surface area (Å²) in [5.41, 5.74) is 2.09. The zero-order valence-corrected chi connectivity index (χ0v) is 11.3. The van der Waals surface area contributed by atoms with Crippen molar-refractivity contribution >= 4 is 0 Å². The van der Waals surface area contributed by atoms with Gasteiger partial charge >= 0.3 is 0 Å². The smallest absolute Gasteiger partial charge is 0.125 e. The molecule has 0 aliphatic heterocycles. The second-order valence-electron chi connectivity index (χ2n) is 4.68. The van der Waals surface area contributed by atoms with E-state index in [9.17, 15) is 5.11 Å². The first-order valence-corrected chi connectivity index (χ1v) is 5.79. The molecular weight excluding hydrogens is 216 g/mol. The molecule has 1 aromatic rings. The summed E-state index contributed by atoms with van der Waals surface area (Å²) in [5.74, 6) is 0.739. The van der Waals surface area contributed by atoms with E-state index >= 15 is 0 Å². The van der Waals surface area contributed by atoms with Crippen molar-refractivity contribution in [3.63, 3.8) is 0 Å². The Labute approximate surface area is 103 Å². The van der Waals surface area contributed by atoms with Crippen molar-refractivity contribution in [3.8, 4) is 5.75 Å². The van der Waals surface area contributed by atoms with E-state index in [-0.39, 0.29) is 0 Å². The predicted octanol–water partition coefficient (Wildman–Crippen LogP) is 2.56. The minimum absolute atomic E-state index is 0.517. The first kappa shape index (κ1) is 14.0. The van der Waals surface area contributed by atoms with Gasteiger partial charge in [-0.25, -0.2) is 0 Å². The first-order chi connectivity index (χ1) is 7.92. The molecule has 17 heavy (non-hydrogen) atoms. The Bertz CT molecular complexity index is 383. The normalized spacial score (nSPS) is 14.5. The Balaban J connectivity index is 3.19. The second-order valence-corrected chi connectivity index (χ2v) is 4.68. The summed E-state index contributed by atoms with van der Waals surface area (Å²) < 4.78 is 10.4. The molecule has 0 saturated heterocycles. The topological polar surface area (TPSA) is 38.7 Å². The Kier molecular flexibility index (Phi) is 4.54. The van der Waals surface area contributed by atoms with Gasteiger partial charge in [-0.15, -0.1) is 0 Å². The molecule has 1 aromatic carbocycles. The highest BCUT2D eigenvalue weighted by Gasteiger charge is 2.28. The third kappa shape index (κ3) is 3.20. The third-order valence-corrected chi connectivity index (χ3v) is 3.00. The molecule has 1 atom stereocenters. The lowest BCUT2D eigenvalue weighted by atomic mass is 9.87. The van der Waals surface area contributed by atoms with Gasteiger partial charge in [-0.05, 0) is 38.0 Å². The highest BCUT2D eigenvalue weighted by atomic mass is 16.5. The van der Waals surface area contributed by atoms with Gasteiger partial charge < -0.3 is 14.6 Å². The summed E-state index contributed by atoms with van der Waals surface area (Å²) in [7, 11) is 3.26. The fraction of sp³-hybridized carbons (Fsp3) is 0.571. The molecule has 96 valence electrons. The van der Waals surface area contributed by atoms with Crippen molar-refractivity contribution in [2.24, 2.45) is 0 Å². The van der Waals surface area contributed by atoms with Gasteiger partial charge in [-0.2, -0.15) is 0 Å². The van der Waals surface area contributed by atoms with E-state index in [4.69, 9.17) is 9.47 Å². The summed E-state index contributed by atoms with van der Waals surface area (Å²) in [6.45, 7) is 6.32. The van der Waals surface area contributed by atoms with E-state index in [1.54, 1.807) is 21.1 Å². The van der Waals surface area contributed by atoms with Crippen molar-refractivity contribution in [2.45, 2.75) is 32.8 Å². The average Bonchev–Trinajstić information content (AvgIpc) is 2.24. The number of methoxy groups -OCH3 is 2. The Morgan fingerprint density at radius 1 is 1.24 bits per heavy atom. The summed E-state index contributed by atoms with van der Waals surface area (Å²) >= 11 is 0. The van der Waals surface area contributed by atoms with E-state index in [2.05, 4.69) is 6.07 Å². The van der Waals surface area contributed by atoms with Gasteiger partial charge in [0.1, 0.15) is 5.75 Å². The van der Waals surface area contributed by atoms with Gasteiger partial charge in [-0.1, -0.05) is 6.07 Å². The summed E-state index contributed by atoms with van der Waals surface area (Å²) in [4.78, 5) is 0. The number of aliphatic hydroxyl groups is 1. The highest BCUT2D eigenvalue weighted by molar-refractivity contribution is 5.46. The SMILES string of the molecule is COCCC(C)(O)c1c(C)cc(C)cc1OC. The van der Waals surface area contributed by atoms with E-state index in [1.165, 1.54) is 0 Å². The van der Waals surface area contributed by atoms with Crippen LogP contribution in [0.1, 0.15) is 30.0 Å². The Hall–Kier alpha value is -1.06. The Morgan fingerprint density at radius 2 is 1.88 bits per heavy atom.